The van der Waals surface area contributed by atoms with E-state index in [0.29, 0.717) is 24.3 Å². The second-order valence-corrected chi connectivity index (χ2v) is 12.6. The van der Waals surface area contributed by atoms with Gasteiger partial charge in [-0.2, -0.15) is 0 Å². The summed E-state index contributed by atoms with van der Waals surface area (Å²) in [4.78, 5) is 22.1. The maximum atomic E-state index is 12.8. The summed E-state index contributed by atoms with van der Waals surface area (Å²) in [5.41, 5.74) is 2.48. The fourth-order valence-corrected chi connectivity index (χ4v) is 6.52. The summed E-state index contributed by atoms with van der Waals surface area (Å²) in [7, 11) is 1.83. The number of methoxy groups -OCH3 is 1. The predicted molar refractivity (Wildman–Crippen MR) is 170 cm³/mol. The third-order valence-electron chi connectivity index (χ3n) is 9.59. The molecule has 0 radical (unpaired) electrons. The topological polar surface area (TPSA) is 88.7 Å². The molecule has 2 aromatic heterocycles. The van der Waals surface area contributed by atoms with E-state index >= 15 is 0 Å². The SMILES string of the molecule is COC1CCN(CC2CCN(c3cc(C(C)C(=O)NCCCCC(C)c4ccc(-n5ccnc5C)cc4)on3)CC2)CC1. The number of likely N-dealkylation sites (tertiary alicyclic amines) is 1. The van der Waals surface area contributed by atoms with Crippen LogP contribution in [0.2, 0.25) is 0 Å². The highest BCUT2D eigenvalue weighted by Gasteiger charge is 2.27. The van der Waals surface area contributed by atoms with E-state index in [2.05, 4.69) is 61.0 Å². The highest BCUT2D eigenvalue weighted by molar-refractivity contribution is 5.82. The second-order valence-electron chi connectivity index (χ2n) is 12.6. The van der Waals surface area contributed by atoms with Gasteiger partial charge in [0.2, 0.25) is 5.91 Å². The number of anilines is 1. The molecule has 3 aromatic rings. The molecule has 0 aliphatic carbocycles. The van der Waals surface area contributed by atoms with E-state index in [1.165, 1.54) is 12.1 Å². The molecule has 2 atom stereocenters. The Balaban J connectivity index is 0.978. The molecule has 0 saturated carbocycles. The van der Waals surface area contributed by atoms with Crippen LogP contribution in [0.1, 0.15) is 87.8 Å². The van der Waals surface area contributed by atoms with E-state index < -0.39 is 0 Å². The van der Waals surface area contributed by atoms with Gasteiger partial charge in [0.15, 0.2) is 11.6 Å². The number of aromatic nitrogens is 3. The molecule has 9 nitrogen and oxygen atoms in total. The van der Waals surface area contributed by atoms with Gasteiger partial charge in [0.1, 0.15) is 5.82 Å². The van der Waals surface area contributed by atoms with Crippen molar-refractivity contribution in [2.45, 2.75) is 83.7 Å². The Morgan fingerprint density at radius 3 is 2.49 bits per heavy atom. The molecule has 4 heterocycles. The van der Waals surface area contributed by atoms with Crippen LogP contribution in [0.4, 0.5) is 5.82 Å². The molecule has 2 saturated heterocycles. The lowest BCUT2D eigenvalue weighted by molar-refractivity contribution is -0.122. The number of nitrogens with zero attached hydrogens (tertiary/aromatic N) is 5. The average Bonchev–Trinajstić information content (AvgIpc) is 3.71. The van der Waals surface area contributed by atoms with E-state index in [4.69, 9.17) is 9.26 Å². The van der Waals surface area contributed by atoms with Crippen LogP contribution in [0.15, 0.2) is 47.2 Å². The summed E-state index contributed by atoms with van der Waals surface area (Å²) < 4.78 is 13.2. The maximum absolute atomic E-state index is 12.8. The number of benzene rings is 1. The molecule has 5 rings (SSSR count). The van der Waals surface area contributed by atoms with E-state index in [9.17, 15) is 4.79 Å². The van der Waals surface area contributed by atoms with Crippen molar-refractivity contribution in [1.82, 2.24) is 24.9 Å². The lowest BCUT2D eigenvalue weighted by Crippen LogP contribution is -2.42. The summed E-state index contributed by atoms with van der Waals surface area (Å²) in [6.45, 7) is 12.3. The van der Waals surface area contributed by atoms with Crippen molar-refractivity contribution in [2.75, 3.05) is 51.3 Å². The fraction of sp³-hybridized carbons (Fsp3) is 0.618. The van der Waals surface area contributed by atoms with Gasteiger partial charge < -0.3 is 28.9 Å². The largest absolute Gasteiger partial charge is 0.381 e. The van der Waals surface area contributed by atoms with Crippen molar-refractivity contribution < 1.29 is 14.1 Å². The Labute approximate surface area is 257 Å². The van der Waals surface area contributed by atoms with Gasteiger partial charge in [-0.3, -0.25) is 4.79 Å². The van der Waals surface area contributed by atoms with Gasteiger partial charge >= 0.3 is 0 Å². The van der Waals surface area contributed by atoms with Crippen LogP contribution >= 0.6 is 0 Å². The maximum Gasteiger partial charge on any atom is 0.230 e. The van der Waals surface area contributed by atoms with Crippen LogP contribution < -0.4 is 10.2 Å². The smallest absolute Gasteiger partial charge is 0.230 e. The number of nitrogens with one attached hydrogen (secondary N) is 1. The molecule has 2 unspecified atom stereocenters. The quantitative estimate of drug-likeness (QED) is 0.256. The number of aryl methyl sites for hydroxylation is 1. The summed E-state index contributed by atoms with van der Waals surface area (Å²) in [6, 6.07) is 10.7. The first-order chi connectivity index (χ1) is 20.9. The zero-order valence-electron chi connectivity index (χ0n) is 26.5. The van der Waals surface area contributed by atoms with E-state index in [1.54, 1.807) is 0 Å². The number of carbonyl (C=O) groups excluding carboxylic acids is 1. The first kappa shape index (κ1) is 31.3. The fourth-order valence-electron chi connectivity index (χ4n) is 6.52. The number of imidazole rings is 1. The van der Waals surface area contributed by atoms with E-state index in [1.807, 2.05) is 39.4 Å². The predicted octanol–water partition coefficient (Wildman–Crippen LogP) is 5.69. The number of hydrogen-bond donors (Lipinski definition) is 1. The monoisotopic (exact) mass is 590 g/mol. The van der Waals surface area contributed by atoms with Gasteiger partial charge in [0.05, 0.1) is 12.0 Å². The van der Waals surface area contributed by atoms with E-state index in [0.717, 1.165) is 94.4 Å². The van der Waals surface area contributed by atoms with Crippen LogP contribution in [-0.4, -0.2) is 78.0 Å². The van der Waals surface area contributed by atoms with Crippen molar-refractivity contribution in [3.05, 3.63) is 59.9 Å². The Morgan fingerprint density at radius 1 is 1.07 bits per heavy atom. The van der Waals surface area contributed by atoms with Crippen LogP contribution in [0.5, 0.6) is 0 Å². The summed E-state index contributed by atoms with van der Waals surface area (Å²) in [5, 5.41) is 7.43. The molecule has 234 valence electrons. The number of unbranched alkanes of at least 4 members (excludes halogenated alkanes) is 1. The van der Waals surface area contributed by atoms with E-state index in [-0.39, 0.29) is 11.8 Å². The minimum Gasteiger partial charge on any atom is -0.381 e. The lowest BCUT2D eigenvalue weighted by Gasteiger charge is -2.37. The molecule has 2 aliphatic heterocycles. The molecular weight excluding hydrogens is 540 g/mol. The molecular formula is C34H50N6O3. The first-order valence-corrected chi connectivity index (χ1v) is 16.3. The summed E-state index contributed by atoms with van der Waals surface area (Å²) in [6.07, 6.45) is 12.0. The van der Waals surface area contributed by atoms with Gasteiger partial charge in [-0.25, -0.2) is 4.98 Å². The standard InChI is InChI=1S/C34H50N6O3/c1-25(29-8-10-30(11-9-29)40-22-17-35-27(40)3)7-5-6-16-36-34(41)26(2)32-23-33(37-43-32)39-20-12-28(13-21-39)24-38-18-14-31(42-4)15-19-38/h8-11,17,22-23,25-26,28,31H,5-7,12-16,18-21,24H2,1-4H3,(H,36,41). The molecule has 2 fully saturated rings. The van der Waals surface area contributed by atoms with Crippen LogP contribution in [0.3, 0.4) is 0 Å². The number of hydrogen-bond acceptors (Lipinski definition) is 7. The number of carbonyl (C=O) groups is 1. The zero-order valence-corrected chi connectivity index (χ0v) is 26.5. The Bertz CT molecular complexity index is 1270. The van der Waals surface area contributed by atoms with Crippen molar-refractivity contribution >= 4 is 11.7 Å². The van der Waals surface area contributed by atoms with Crippen LogP contribution in [0.25, 0.3) is 5.69 Å². The third-order valence-corrected chi connectivity index (χ3v) is 9.59. The summed E-state index contributed by atoms with van der Waals surface area (Å²) >= 11 is 0. The van der Waals surface area contributed by atoms with Gasteiger partial charge in [-0.05, 0) is 81.9 Å². The molecule has 43 heavy (non-hydrogen) atoms. The summed E-state index contributed by atoms with van der Waals surface area (Å²) in [5.74, 6) is 3.32. The number of ether oxygens (including phenoxy) is 1. The molecule has 0 bridgehead atoms. The van der Waals surface area contributed by atoms with Crippen LogP contribution in [0, 0.1) is 12.8 Å². The minimum atomic E-state index is -0.356. The third kappa shape index (κ3) is 8.26. The normalized spacial score (nSPS) is 18.6. The molecule has 0 spiro atoms. The number of rotatable bonds is 13. The highest BCUT2D eigenvalue weighted by atomic mass is 16.5. The molecule has 9 heteroatoms. The van der Waals surface area contributed by atoms with Gasteiger partial charge in [-0.15, -0.1) is 0 Å². The minimum absolute atomic E-state index is 0.00270. The first-order valence-electron chi connectivity index (χ1n) is 16.3. The molecule has 1 amide bonds. The highest BCUT2D eigenvalue weighted by Crippen LogP contribution is 2.28. The van der Waals surface area contributed by atoms with Crippen molar-refractivity contribution in [3.63, 3.8) is 0 Å². The number of piperidine rings is 2. The Hall–Kier alpha value is -3.17. The number of amides is 1. The van der Waals surface area contributed by atoms with Crippen molar-refractivity contribution in [1.29, 1.82) is 0 Å². The molecule has 2 aliphatic rings. The van der Waals surface area contributed by atoms with Crippen LogP contribution in [-0.2, 0) is 9.53 Å². The lowest BCUT2D eigenvalue weighted by atomic mass is 9.95. The van der Waals surface area contributed by atoms with Crippen molar-refractivity contribution in [3.8, 4) is 5.69 Å². The van der Waals surface area contributed by atoms with Gasteiger partial charge in [0.25, 0.3) is 0 Å². The Kier molecular flexibility index (Phi) is 10.9. The van der Waals surface area contributed by atoms with Gasteiger partial charge in [-0.1, -0.05) is 30.6 Å². The zero-order chi connectivity index (χ0) is 30.2. The van der Waals surface area contributed by atoms with Gasteiger partial charge in [0, 0.05) is 70.5 Å². The molecule has 1 aromatic carbocycles. The molecule has 1 N–H and O–H groups in total. The second kappa shape index (κ2) is 15.0. The van der Waals surface area contributed by atoms with Crippen molar-refractivity contribution in [2.24, 2.45) is 5.92 Å². The Morgan fingerprint density at radius 2 is 1.81 bits per heavy atom. The average molecular weight is 591 g/mol.